The van der Waals surface area contributed by atoms with Crippen molar-refractivity contribution in [2.75, 3.05) is 17.2 Å². The number of hydrogen-bond acceptors (Lipinski definition) is 6. The Kier molecular flexibility index (Phi) is 4.70. The fourth-order valence-corrected chi connectivity index (χ4v) is 2.32. The predicted octanol–water partition coefficient (Wildman–Crippen LogP) is 2.81. The van der Waals surface area contributed by atoms with Gasteiger partial charge in [0, 0.05) is 12.6 Å². The Morgan fingerprint density at radius 1 is 1.35 bits per heavy atom. The molecule has 110 valence electrons. The number of aromatic nitrogens is 2. The van der Waals surface area contributed by atoms with E-state index in [1.807, 2.05) is 6.92 Å². The van der Waals surface area contributed by atoms with E-state index in [4.69, 9.17) is 0 Å². The molecule has 1 aliphatic carbocycles. The first-order chi connectivity index (χ1) is 9.67. The van der Waals surface area contributed by atoms with E-state index in [2.05, 4.69) is 27.5 Å². The van der Waals surface area contributed by atoms with Crippen molar-refractivity contribution in [1.82, 2.24) is 9.97 Å². The summed E-state index contributed by atoms with van der Waals surface area (Å²) in [5.74, 6) is 1.23. The minimum absolute atomic E-state index is 0.0527. The van der Waals surface area contributed by atoms with E-state index >= 15 is 0 Å². The third kappa shape index (κ3) is 3.34. The SMILES string of the molecule is CCCNc1ncnc(NC2CC2CCC)c1[N+](=O)[O-]. The smallest absolute Gasteiger partial charge is 0.353 e. The lowest BCUT2D eigenvalue weighted by molar-refractivity contribution is -0.383. The van der Waals surface area contributed by atoms with Crippen LogP contribution in [0.3, 0.4) is 0 Å². The van der Waals surface area contributed by atoms with Gasteiger partial charge in [0.05, 0.1) is 4.92 Å². The molecular formula is C13H21N5O2. The van der Waals surface area contributed by atoms with Crippen LogP contribution in [0.4, 0.5) is 17.3 Å². The zero-order valence-corrected chi connectivity index (χ0v) is 11.9. The molecule has 0 radical (unpaired) electrons. The molecule has 7 nitrogen and oxygen atoms in total. The summed E-state index contributed by atoms with van der Waals surface area (Å²) in [7, 11) is 0. The average molecular weight is 279 g/mol. The highest BCUT2D eigenvalue weighted by molar-refractivity contribution is 5.69. The van der Waals surface area contributed by atoms with Crippen LogP contribution in [-0.4, -0.2) is 27.5 Å². The van der Waals surface area contributed by atoms with Crippen LogP contribution < -0.4 is 10.6 Å². The lowest BCUT2D eigenvalue weighted by atomic mass is 10.2. The molecule has 0 amide bonds. The lowest BCUT2D eigenvalue weighted by Gasteiger charge is -2.09. The van der Waals surface area contributed by atoms with Crippen LogP contribution in [-0.2, 0) is 0 Å². The summed E-state index contributed by atoms with van der Waals surface area (Å²) in [5.41, 5.74) is -0.0527. The molecule has 0 aliphatic heterocycles. The van der Waals surface area contributed by atoms with Gasteiger partial charge in [0.2, 0.25) is 11.6 Å². The molecule has 1 fully saturated rings. The van der Waals surface area contributed by atoms with Gasteiger partial charge in [0.1, 0.15) is 6.33 Å². The Labute approximate surface area is 118 Å². The predicted molar refractivity (Wildman–Crippen MR) is 77.9 cm³/mol. The fraction of sp³-hybridized carbons (Fsp3) is 0.692. The zero-order chi connectivity index (χ0) is 14.5. The molecule has 2 N–H and O–H groups in total. The van der Waals surface area contributed by atoms with Crippen LogP contribution in [0, 0.1) is 16.0 Å². The van der Waals surface area contributed by atoms with E-state index in [0.29, 0.717) is 30.1 Å². The van der Waals surface area contributed by atoms with Crippen molar-refractivity contribution in [3.05, 3.63) is 16.4 Å². The minimum atomic E-state index is -0.419. The van der Waals surface area contributed by atoms with Gasteiger partial charge in [-0.1, -0.05) is 20.3 Å². The maximum absolute atomic E-state index is 11.3. The Morgan fingerprint density at radius 2 is 2.10 bits per heavy atom. The maximum atomic E-state index is 11.3. The van der Waals surface area contributed by atoms with Crippen molar-refractivity contribution in [3.63, 3.8) is 0 Å². The van der Waals surface area contributed by atoms with E-state index in [0.717, 1.165) is 25.7 Å². The highest BCUT2D eigenvalue weighted by Gasteiger charge is 2.38. The van der Waals surface area contributed by atoms with E-state index in [1.165, 1.54) is 6.33 Å². The standard InChI is InChI=1S/C13H21N5O2/c1-3-5-9-7-10(9)17-13-11(18(19)20)12(14-6-4-2)15-8-16-13/h8-10H,3-7H2,1-2H3,(H2,14,15,16,17). The first-order valence-electron chi connectivity index (χ1n) is 7.17. The summed E-state index contributed by atoms with van der Waals surface area (Å²) in [5, 5.41) is 17.4. The number of anilines is 2. The number of nitrogens with zero attached hydrogens (tertiary/aromatic N) is 3. The second-order valence-electron chi connectivity index (χ2n) is 5.14. The Morgan fingerprint density at radius 3 is 2.75 bits per heavy atom. The lowest BCUT2D eigenvalue weighted by Crippen LogP contribution is -2.12. The summed E-state index contributed by atoms with van der Waals surface area (Å²) in [6, 6.07) is 0.308. The van der Waals surface area contributed by atoms with Gasteiger partial charge >= 0.3 is 5.69 Å². The Hall–Kier alpha value is -1.92. The Balaban J connectivity index is 2.13. The molecule has 0 aromatic carbocycles. The molecule has 1 saturated carbocycles. The van der Waals surface area contributed by atoms with Gasteiger partial charge in [0.25, 0.3) is 0 Å². The molecular weight excluding hydrogens is 258 g/mol. The molecule has 0 bridgehead atoms. The first-order valence-corrected chi connectivity index (χ1v) is 7.17. The molecule has 0 spiro atoms. The molecule has 2 atom stereocenters. The summed E-state index contributed by atoms with van der Waals surface area (Å²) in [4.78, 5) is 18.9. The van der Waals surface area contributed by atoms with Gasteiger partial charge in [-0.15, -0.1) is 0 Å². The molecule has 1 heterocycles. The van der Waals surface area contributed by atoms with E-state index in [-0.39, 0.29) is 5.69 Å². The number of nitrogens with one attached hydrogen (secondary N) is 2. The monoisotopic (exact) mass is 279 g/mol. The summed E-state index contributed by atoms with van der Waals surface area (Å²) < 4.78 is 0. The van der Waals surface area contributed by atoms with E-state index in [1.54, 1.807) is 0 Å². The van der Waals surface area contributed by atoms with Crippen LogP contribution in [0.5, 0.6) is 0 Å². The molecule has 0 saturated heterocycles. The van der Waals surface area contributed by atoms with E-state index in [9.17, 15) is 10.1 Å². The van der Waals surface area contributed by atoms with Crippen LogP contribution in [0.15, 0.2) is 6.33 Å². The van der Waals surface area contributed by atoms with Crippen LogP contribution in [0.2, 0.25) is 0 Å². The molecule has 20 heavy (non-hydrogen) atoms. The van der Waals surface area contributed by atoms with Crippen LogP contribution >= 0.6 is 0 Å². The minimum Gasteiger partial charge on any atom is -0.364 e. The van der Waals surface area contributed by atoms with Crippen molar-refractivity contribution in [3.8, 4) is 0 Å². The number of rotatable bonds is 8. The van der Waals surface area contributed by atoms with Crippen molar-refractivity contribution in [1.29, 1.82) is 0 Å². The summed E-state index contributed by atoms with van der Waals surface area (Å²) >= 11 is 0. The topological polar surface area (TPSA) is 93.0 Å². The number of hydrogen-bond donors (Lipinski definition) is 2. The second-order valence-corrected chi connectivity index (χ2v) is 5.14. The van der Waals surface area contributed by atoms with Crippen molar-refractivity contribution >= 4 is 17.3 Å². The van der Waals surface area contributed by atoms with Gasteiger partial charge in [-0.05, 0) is 25.2 Å². The molecule has 1 aromatic rings. The van der Waals surface area contributed by atoms with Crippen molar-refractivity contribution in [2.45, 2.75) is 45.6 Å². The molecule has 2 rings (SSSR count). The third-order valence-corrected chi connectivity index (χ3v) is 3.45. The first kappa shape index (κ1) is 14.5. The zero-order valence-electron chi connectivity index (χ0n) is 11.9. The van der Waals surface area contributed by atoms with Crippen LogP contribution in [0.25, 0.3) is 0 Å². The highest BCUT2D eigenvalue weighted by atomic mass is 16.6. The fourth-order valence-electron chi connectivity index (χ4n) is 2.32. The molecule has 2 unspecified atom stereocenters. The summed E-state index contributed by atoms with van der Waals surface area (Å²) in [6.45, 7) is 4.80. The normalized spacial score (nSPS) is 20.5. The van der Waals surface area contributed by atoms with Gasteiger partial charge in [-0.25, -0.2) is 9.97 Å². The third-order valence-electron chi connectivity index (χ3n) is 3.45. The van der Waals surface area contributed by atoms with Gasteiger partial charge in [-0.3, -0.25) is 10.1 Å². The molecule has 7 heteroatoms. The number of nitro groups is 1. The second kappa shape index (κ2) is 6.49. The van der Waals surface area contributed by atoms with Gasteiger partial charge in [0.15, 0.2) is 0 Å². The van der Waals surface area contributed by atoms with Crippen LogP contribution in [0.1, 0.15) is 39.5 Å². The van der Waals surface area contributed by atoms with Gasteiger partial charge < -0.3 is 10.6 Å². The summed E-state index contributed by atoms with van der Waals surface area (Å²) in [6.07, 6.45) is 5.60. The molecule has 1 aromatic heterocycles. The Bertz CT molecular complexity index is 480. The maximum Gasteiger partial charge on any atom is 0.353 e. The molecule has 1 aliphatic rings. The van der Waals surface area contributed by atoms with Crippen molar-refractivity contribution < 1.29 is 4.92 Å². The largest absolute Gasteiger partial charge is 0.364 e. The highest BCUT2D eigenvalue weighted by Crippen LogP contribution is 2.39. The van der Waals surface area contributed by atoms with E-state index < -0.39 is 4.92 Å². The average Bonchev–Trinajstić information content (AvgIpc) is 3.14. The van der Waals surface area contributed by atoms with Crippen molar-refractivity contribution in [2.24, 2.45) is 5.92 Å². The van der Waals surface area contributed by atoms with Gasteiger partial charge in [-0.2, -0.15) is 0 Å². The quantitative estimate of drug-likeness (QED) is 0.561.